The molecule has 0 aromatic rings. The monoisotopic (exact) mass is 213 g/mol. The molecular formula is C12H23NO2. The maximum absolute atomic E-state index is 11.9. The summed E-state index contributed by atoms with van der Waals surface area (Å²) in [6, 6.07) is 0. The summed E-state index contributed by atoms with van der Waals surface area (Å²) in [5, 5.41) is 9.08. The minimum absolute atomic E-state index is 0.215. The van der Waals surface area contributed by atoms with Crippen LogP contribution in [-0.2, 0) is 4.79 Å². The fraction of sp³-hybridized carbons (Fsp3) is 0.917. The van der Waals surface area contributed by atoms with Crippen LogP contribution in [-0.4, -0.2) is 35.6 Å². The SMILES string of the molecule is CCC(C)CC(=O)N1CCCC(CO)C1. The van der Waals surface area contributed by atoms with E-state index >= 15 is 0 Å². The molecule has 3 nitrogen and oxygen atoms in total. The number of carbonyl (C=O) groups excluding carboxylic acids is 1. The topological polar surface area (TPSA) is 40.5 Å². The van der Waals surface area contributed by atoms with E-state index < -0.39 is 0 Å². The van der Waals surface area contributed by atoms with Crippen molar-refractivity contribution in [2.75, 3.05) is 19.7 Å². The molecule has 2 unspecified atom stereocenters. The van der Waals surface area contributed by atoms with Crippen LogP contribution in [0.25, 0.3) is 0 Å². The van der Waals surface area contributed by atoms with Crippen molar-refractivity contribution in [3.63, 3.8) is 0 Å². The van der Waals surface area contributed by atoms with Gasteiger partial charge in [-0.25, -0.2) is 0 Å². The number of amides is 1. The Labute approximate surface area is 92.5 Å². The largest absolute Gasteiger partial charge is 0.396 e. The standard InChI is InChI=1S/C12H23NO2/c1-3-10(2)7-12(15)13-6-4-5-11(8-13)9-14/h10-11,14H,3-9H2,1-2H3. The molecule has 2 atom stereocenters. The summed E-state index contributed by atoms with van der Waals surface area (Å²) in [6.07, 6.45) is 3.82. The number of piperidine rings is 1. The summed E-state index contributed by atoms with van der Waals surface area (Å²) in [5.41, 5.74) is 0. The second-order valence-corrected chi connectivity index (χ2v) is 4.75. The molecule has 0 radical (unpaired) electrons. The fourth-order valence-corrected chi connectivity index (χ4v) is 2.01. The van der Waals surface area contributed by atoms with Crippen LogP contribution in [0, 0.1) is 11.8 Å². The van der Waals surface area contributed by atoms with Crippen molar-refractivity contribution >= 4 is 5.91 Å². The van der Waals surface area contributed by atoms with Gasteiger partial charge < -0.3 is 10.0 Å². The molecule has 88 valence electrons. The first-order valence-corrected chi connectivity index (χ1v) is 6.06. The lowest BCUT2D eigenvalue weighted by Gasteiger charge is -2.32. The van der Waals surface area contributed by atoms with Crippen LogP contribution in [0.15, 0.2) is 0 Å². The molecule has 1 N–H and O–H groups in total. The third-order valence-corrected chi connectivity index (χ3v) is 3.35. The Morgan fingerprint density at radius 3 is 2.93 bits per heavy atom. The van der Waals surface area contributed by atoms with Crippen LogP contribution < -0.4 is 0 Å². The first-order chi connectivity index (χ1) is 7.17. The highest BCUT2D eigenvalue weighted by Crippen LogP contribution is 2.18. The zero-order valence-corrected chi connectivity index (χ0v) is 9.91. The van der Waals surface area contributed by atoms with Gasteiger partial charge in [0.25, 0.3) is 0 Å². The number of hydrogen-bond acceptors (Lipinski definition) is 2. The zero-order chi connectivity index (χ0) is 11.3. The molecule has 1 fully saturated rings. The summed E-state index contributed by atoms with van der Waals surface area (Å²) in [7, 11) is 0. The van der Waals surface area contributed by atoms with E-state index in [-0.39, 0.29) is 12.5 Å². The average Bonchev–Trinajstić information content (AvgIpc) is 2.28. The van der Waals surface area contributed by atoms with Crippen LogP contribution in [0.1, 0.15) is 39.5 Å². The maximum atomic E-state index is 11.9. The highest BCUT2D eigenvalue weighted by Gasteiger charge is 2.23. The lowest BCUT2D eigenvalue weighted by atomic mass is 9.97. The average molecular weight is 213 g/mol. The molecule has 0 bridgehead atoms. The normalized spacial score (nSPS) is 23.9. The van der Waals surface area contributed by atoms with E-state index in [1.54, 1.807) is 0 Å². The van der Waals surface area contributed by atoms with E-state index in [0.717, 1.165) is 32.4 Å². The quantitative estimate of drug-likeness (QED) is 0.771. The summed E-state index contributed by atoms with van der Waals surface area (Å²) < 4.78 is 0. The molecule has 1 aliphatic rings. The Bertz CT molecular complexity index is 206. The van der Waals surface area contributed by atoms with E-state index in [9.17, 15) is 4.79 Å². The van der Waals surface area contributed by atoms with Gasteiger partial charge in [0, 0.05) is 26.1 Å². The van der Waals surface area contributed by atoms with Crippen molar-refractivity contribution in [3.05, 3.63) is 0 Å². The number of nitrogens with zero attached hydrogens (tertiary/aromatic N) is 1. The summed E-state index contributed by atoms with van der Waals surface area (Å²) in [5.74, 6) is 1.05. The van der Waals surface area contributed by atoms with Gasteiger partial charge in [-0.1, -0.05) is 20.3 Å². The lowest BCUT2D eigenvalue weighted by Crippen LogP contribution is -2.41. The van der Waals surface area contributed by atoms with Gasteiger partial charge in [-0.05, 0) is 24.7 Å². The van der Waals surface area contributed by atoms with Gasteiger partial charge in [-0.2, -0.15) is 0 Å². The van der Waals surface area contributed by atoms with Gasteiger partial charge in [-0.15, -0.1) is 0 Å². The highest BCUT2D eigenvalue weighted by molar-refractivity contribution is 5.76. The maximum Gasteiger partial charge on any atom is 0.222 e. The third kappa shape index (κ3) is 3.82. The molecule has 1 rings (SSSR count). The summed E-state index contributed by atoms with van der Waals surface area (Å²) in [6.45, 7) is 6.08. The van der Waals surface area contributed by atoms with Gasteiger partial charge in [0.1, 0.15) is 0 Å². The van der Waals surface area contributed by atoms with Crippen LogP contribution in [0.3, 0.4) is 0 Å². The molecule has 0 saturated carbocycles. The zero-order valence-electron chi connectivity index (χ0n) is 9.91. The number of rotatable bonds is 4. The predicted octanol–water partition coefficient (Wildman–Crippen LogP) is 1.65. The smallest absolute Gasteiger partial charge is 0.222 e. The van der Waals surface area contributed by atoms with Crippen LogP contribution in [0.5, 0.6) is 0 Å². The number of aliphatic hydroxyl groups excluding tert-OH is 1. The Morgan fingerprint density at radius 1 is 1.60 bits per heavy atom. The Kier molecular flexibility index (Phi) is 5.09. The fourth-order valence-electron chi connectivity index (χ4n) is 2.01. The van der Waals surface area contributed by atoms with E-state index in [1.165, 1.54) is 0 Å². The molecular weight excluding hydrogens is 190 g/mol. The molecule has 3 heteroatoms. The van der Waals surface area contributed by atoms with Crippen molar-refractivity contribution in [2.45, 2.75) is 39.5 Å². The van der Waals surface area contributed by atoms with E-state index in [2.05, 4.69) is 13.8 Å². The van der Waals surface area contributed by atoms with Crippen molar-refractivity contribution < 1.29 is 9.90 Å². The minimum atomic E-state index is 0.215. The molecule has 0 aromatic carbocycles. The first-order valence-electron chi connectivity index (χ1n) is 6.06. The molecule has 0 spiro atoms. The van der Waals surface area contributed by atoms with Crippen molar-refractivity contribution in [3.8, 4) is 0 Å². The van der Waals surface area contributed by atoms with Gasteiger partial charge in [-0.3, -0.25) is 4.79 Å². The molecule has 0 aromatic heterocycles. The van der Waals surface area contributed by atoms with E-state index in [0.29, 0.717) is 18.3 Å². The van der Waals surface area contributed by atoms with E-state index in [1.807, 2.05) is 4.90 Å². The summed E-state index contributed by atoms with van der Waals surface area (Å²) >= 11 is 0. The second kappa shape index (κ2) is 6.11. The Hall–Kier alpha value is -0.570. The molecule has 1 aliphatic heterocycles. The minimum Gasteiger partial charge on any atom is -0.396 e. The number of likely N-dealkylation sites (tertiary alicyclic amines) is 1. The highest BCUT2D eigenvalue weighted by atomic mass is 16.3. The Morgan fingerprint density at radius 2 is 2.33 bits per heavy atom. The van der Waals surface area contributed by atoms with Gasteiger partial charge >= 0.3 is 0 Å². The van der Waals surface area contributed by atoms with Crippen molar-refractivity contribution in [1.82, 2.24) is 4.90 Å². The lowest BCUT2D eigenvalue weighted by molar-refractivity contribution is -0.134. The number of hydrogen-bond donors (Lipinski definition) is 1. The molecule has 1 saturated heterocycles. The van der Waals surface area contributed by atoms with Crippen molar-refractivity contribution in [1.29, 1.82) is 0 Å². The molecule has 1 amide bonds. The van der Waals surface area contributed by atoms with Gasteiger partial charge in [0.15, 0.2) is 0 Å². The van der Waals surface area contributed by atoms with Crippen LogP contribution in [0.4, 0.5) is 0 Å². The molecule has 0 aliphatic carbocycles. The number of aliphatic hydroxyl groups is 1. The third-order valence-electron chi connectivity index (χ3n) is 3.35. The summed E-state index contributed by atoms with van der Waals surface area (Å²) in [4.78, 5) is 13.8. The van der Waals surface area contributed by atoms with Crippen LogP contribution in [0.2, 0.25) is 0 Å². The van der Waals surface area contributed by atoms with Crippen molar-refractivity contribution in [2.24, 2.45) is 11.8 Å². The molecule has 1 heterocycles. The second-order valence-electron chi connectivity index (χ2n) is 4.75. The van der Waals surface area contributed by atoms with E-state index in [4.69, 9.17) is 5.11 Å². The molecule has 15 heavy (non-hydrogen) atoms. The van der Waals surface area contributed by atoms with Crippen LogP contribution >= 0.6 is 0 Å². The van der Waals surface area contributed by atoms with Gasteiger partial charge in [0.2, 0.25) is 5.91 Å². The Balaban J connectivity index is 2.38. The number of carbonyl (C=O) groups is 1. The van der Waals surface area contributed by atoms with Gasteiger partial charge in [0.05, 0.1) is 0 Å². The predicted molar refractivity (Wildman–Crippen MR) is 60.5 cm³/mol. The first kappa shape index (κ1) is 12.5.